The SMILES string of the molecule is CC(C)Nc1nc2c(c(NC(C)C)n1)CCN(C[C@@H]1CCOC1)CC2. The normalized spacial score (nSPS) is 21.4. The molecule has 0 amide bonds. The summed E-state index contributed by atoms with van der Waals surface area (Å²) < 4.78 is 5.54. The fraction of sp³-hybridized carbons (Fsp3) is 0.789. The summed E-state index contributed by atoms with van der Waals surface area (Å²) in [5, 5.41) is 6.90. The van der Waals surface area contributed by atoms with Crippen molar-refractivity contribution in [1.82, 2.24) is 14.9 Å². The van der Waals surface area contributed by atoms with Crippen molar-refractivity contribution in [2.45, 2.75) is 59.0 Å². The average molecular weight is 348 g/mol. The maximum atomic E-state index is 5.54. The van der Waals surface area contributed by atoms with Crippen LogP contribution in [0.2, 0.25) is 0 Å². The maximum absolute atomic E-state index is 5.54. The van der Waals surface area contributed by atoms with Gasteiger partial charge in [-0.2, -0.15) is 4.98 Å². The summed E-state index contributed by atoms with van der Waals surface area (Å²) >= 11 is 0. The minimum Gasteiger partial charge on any atom is -0.381 e. The van der Waals surface area contributed by atoms with Gasteiger partial charge in [-0.25, -0.2) is 4.98 Å². The van der Waals surface area contributed by atoms with Crippen molar-refractivity contribution in [3.63, 3.8) is 0 Å². The van der Waals surface area contributed by atoms with Crippen LogP contribution in [0.4, 0.5) is 11.8 Å². The van der Waals surface area contributed by atoms with Crippen molar-refractivity contribution >= 4 is 11.8 Å². The number of nitrogens with zero attached hydrogens (tertiary/aromatic N) is 3. The summed E-state index contributed by atoms with van der Waals surface area (Å²) in [5.74, 6) is 2.45. The molecule has 1 saturated heterocycles. The molecule has 1 aromatic rings. The average Bonchev–Trinajstić information content (AvgIpc) is 2.94. The fourth-order valence-electron chi connectivity index (χ4n) is 3.64. The van der Waals surface area contributed by atoms with Gasteiger partial charge in [-0.3, -0.25) is 0 Å². The molecule has 1 atom stereocenters. The first-order valence-electron chi connectivity index (χ1n) is 9.74. The standard InChI is InChI=1S/C19H33N5O/c1-13(2)20-18-16-5-8-24(11-15-7-10-25-12-15)9-6-17(16)22-19(23-18)21-14(3)4/h13-15H,5-12H2,1-4H3,(H2,20,21,22,23)/t15-/m0/s1. The van der Waals surface area contributed by atoms with Crippen LogP contribution in [0.25, 0.3) is 0 Å². The van der Waals surface area contributed by atoms with E-state index in [4.69, 9.17) is 14.7 Å². The molecular weight excluding hydrogens is 314 g/mol. The molecule has 0 bridgehead atoms. The van der Waals surface area contributed by atoms with Gasteiger partial charge in [0.05, 0.1) is 12.3 Å². The highest BCUT2D eigenvalue weighted by atomic mass is 16.5. The van der Waals surface area contributed by atoms with E-state index in [1.54, 1.807) is 0 Å². The second kappa shape index (κ2) is 8.32. The molecule has 0 spiro atoms. The van der Waals surface area contributed by atoms with E-state index in [1.165, 1.54) is 17.7 Å². The molecule has 0 aliphatic carbocycles. The zero-order chi connectivity index (χ0) is 17.8. The van der Waals surface area contributed by atoms with Gasteiger partial charge >= 0.3 is 0 Å². The second-order valence-corrected chi connectivity index (χ2v) is 7.95. The van der Waals surface area contributed by atoms with Crippen LogP contribution in [0.1, 0.15) is 45.4 Å². The monoisotopic (exact) mass is 347 g/mol. The van der Waals surface area contributed by atoms with Crippen molar-refractivity contribution in [3.05, 3.63) is 11.3 Å². The van der Waals surface area contributed by atoms with Crippen LogP contribution in [0.15, 0.2) is 0 Å². The molecule has 3 heterocycles. The Kier molecular flexibility index (Phi) is 6.12. The Morgan fingerprint density at radius 2 is 1.84 bits per heavy atom. The van der Waals surface area contributed by atoms with Gasteiger partial charge in [-0.15, -0.1) is 0 Å². The molecule has 0 unspecified atom stereocenters. The van der Waals surface area contributed by atoms with Crippen molar-refractivity contribution < 1.29 is 4.74 Å². The van der Waals surface area contributed by atoms with Gasteiger partial charge < -0.3 is 20.3 Å². The van der Waals surface area contributed by atoms with Gasteiger partial charge in [0.2, 0.25) is 5.95 Å². The van der Waals surface area contributed by atoms with Crippen LogP contribution < -0.4 is 10.6 Å². The van der Waals surface area contributed by atoms with Crippen LogP contribution in [0, 0.1) is 5.92 Å². The minimum absolute atomic E-state index is 0.328. The number of fused-ring (bicyclic) bond motifs is 1. The number of aromatic nitrogens is 2. The molecule has 140 valence electrons. The van der Waals surface area contributed by atoms with E-state index in [9.17, 15) is 0 Å². The molecule has 1 aromatic heterocycles. The highest BCUT2D eigenvalue weighted by molar-refractivity contribution is 5.52. The first kappa shape index (κ1) is 18.4. The predicted molar refractivity (Wildman–Crippen MR) is 102 cm³/mol. The Balaban J connectivity index is 1.76. The number of ether oxygens (including phenoxy) is 1. The van der Waals surface area contributed by atoms with Gasteiger partial charge in [0, 0.05) is 50.3 Å². The Bertz CT molecular complexity index is 569. The van der Waals surface area contributed by atoms with Crippen molar-refractivity contribution in [2.75, 3.05) is 43.5 Å². The Morgan fingerprint density at radius 3 is 2.52 bits per heavy atom. The lowest BCUT2D eigenvalue weighted by Crippen LogP contribution is -2.32. The fourth-order valence-corrected chi connectivity index (χ4v) is 3.64. The molecule has 6 heteroatoms. The number of anilines is 2. The highest BCUT2D eigenvalue weighted by Gasteiger charge is 2.24. The van der Waals surface area contributed by atoms with E-state index < -0.39 is 0 Å². The summed E-state index contributed by atoms with van der Waals surface area (Å²) in [6.45, 7) is 13.7. The van der Waals surface area contributed by atoms with Gasteiger partial charge in [-0.05, 0) is 46.5 Å². The zero-order valence-electron chi connectivity index (χ0n) is 16.1. The lowest BCUT2D eigenvalue weighted by atomic mass is 10.1. The summed E-state index contributed by atoms with van der Waals surface area (Å²) in [4.78, 5) is 12.2. The summed E-state index contributed by atoms with van der Waals surface area (Å²) in [6.07, 6.45) is 3.21. The molecule has 3 rings (SSSR count). The third-order valence-corrected chi connectivity index (χ3v) is 4.82. The topological polar surface area (TPSA) is 62.3 Å². The van der Waals surface area contributed by atoms with E-state index in [2.05, 4.69) is 43.2 Å². The van der Waals surface area contributed by atoms with Crippen molar-refractivity contribution in [3.8, 4) is 0 Å². The quantitative estimate of drug-likeness (QED) is 0.825. The van der Waals surface area contributed by atoms with E-state index >= 15 is 0 Å². The van der Waals surface area contributed by atoms with Gasteiger partial charge in [0.15, 0.2) is 0 Å². The minimum atomic E-state index is 0.328. The maximum Gasteiger partial charge on any atom is 0.225 e. The van der Waals surface area contributed by atoms with Gasteiger partial charge in [0.1, 0.15) is 5.82 Å². The molecule has 25 heavy (non-hydrogen) atoms. The third kappa shape index (κ3) is 5.05. The zero-order valence-corrected chi connectivity index (χ0v) is 16.1. The summed E-state index contributed by atoms with van der Waals surface area (Å²) in [6, 6.07) is 0.690. The van der Waals surface area contributed by atoms with E-state index in [0.717, 1.165) is 57.5 Å². The lowest BCUT2D eigenvalue weighted by Gasteiger charge is -2.22. The number of hydrogen-bond acceptors (Lipinski definition) is 6. The van der Waals surface area contributed by atoms with E-state index in [-0.39, 0.29) is 0 Å². The molecule has 2 aliphatic heterocycles. The van der Waals surface area contributed by atoms with Crippen molar-refractivity contribution in [1.29, 1.82) is 0 Å². The van der Waals surface area contributed by atoms with E-state index in [1.807, 2.05) is 0 Å². The molecular formula is C19H33N5O. The number of rotatable bonds is 6. The third-order valence-electron chi connectivity index (χ3n) is 4.82. The van der Waals surface area contributed by atoms with Crippen LogP contribution >= 0.6 is 0 Å². The molecule has 0 saturated carbocycles. The first-order valence-corrected chi connectivity index (χ1v) is 9.74. The smallest absolute Gasteiger partial charge is 0.225 e. The molecule has 2 N–H and O–H groups in total. The van der Waals surface area contributed by atoms with Gasteiger partial charge in [0.25, 0.3) is 0 Å². The Labute approximate surface area is 151 Å². The molecule has 6 nitrogen and oxygen atoms in total. The van der Waals surface area contributed by atoms with Gasteiger partial charge in [-0.1, -0.05) is 0 Å². The molecule has 1 fully saturated rings. The van der Waals surface area contributed by atoms with Crippen LogP contribution in [0.3, 0.4) is 0 Å². The van der Waals surface area contributed by atoms with Crippen LogP contribution in [-0.4, -0.2) is 59.8 Å². The summed E-state index contributed by atoms with van der Waals surface area (Å²) in [7, 11) is 0. The van der Waals surface area contributed by atoms with Crippen molar-refractivity contribution in [2.24, 2.45) is 5.92 Å². The number of nitrogens with one attached hydrogen (secondary N) is 2. The number of hydrogen-bond donors (Lipinski definition) is 2. The second-order valence-electron chi connectivity index (χ2n) is 7.95. The molecule has 0 radical (unpaired) electrons. The Morgan fingerprint density at radius 1 is 1.08 bits per heavy atom. The highest BCUT2D eigenvalue weighted by Crippen LogP contribution is 2.25. The van der Waals surface area contributed by atoms with Crippen LogP contribution in [0.5, 0.6) is 0 Å². The predicted octanol–water partition coefficient (Wildman–Crippen LogP) is 2.55. The van der Waals surface area contributed by atoms with Crippen LogP contribution in [-0.2, 0) is 17.6 Å². The largest absolute Gasteiger partial charge is 0.381 e. The first-order chi connectivity index (χ1) is 12.0. The molecule has 2 aliphatic rings. The Hall–Kier alpha value is -1.40. The lowest BCUT2D eigenvalue weighted by molar-refractivity contribution is 0.168. The van der Waals surface area contributed by atoms with E-state index in [0.29, 0.717) is 18.0 Å². The molecule has 0 aromatic carbocycles. The summed E-state index contributed by atoms with van der Waals surface area (Å²) in [5.41, 5.74) is 2.50.